The van der Waals surface area contributed by atoms with E-state index in [1.54, 1.807) is 18.2 Å². The van der Waals surface area contributed by atoms with Crippen molar-refractivity contribution in [3.05, 3.63) is 34.4 Å². The number of aromatic nitrogens is 2. The molecule has 3 N–H and O–H groups in total. The van der Waals surface area contributed by atoms with Gasteiger partial charge in [0.05, 0.1) is 10.9 Å². The van der Waals surface area contributed by atoms with E-state index >= 15 is 0 Å². The molecule has 1 saturated carbocycles. The molecular weight excluding hydrogens is 209 g/mol. The third kappa shape index (κ3) is 1.28. The van der Waals surface area contributed by atoms with Crippen molar-refractivity contribution in [2.75, 3.05) is 5.73 Å². The van der Waals surface area contributed by atoms with Gasteiger partial charge in [-0.25, -0.2) is 9.37 Å². The average Bonchev–Trinajstić information content (AvgIpc) is 2.99. The Hall–Kier alpha value is -1.91. The van der Waals surface area contributed by atoms with Crippen LogP contribution in [0.1, 0.15) is 18.7 Å². The molecule has 0 saturated heterocycles. The number of nitrogens with one attached hydrogen (secondary N) is 1. The van der Waals surface area contributed by atoms with E-state index in [1.807, 2.05) is 0 Å². The molecule has 1 aromatic heterocycles. The second-order valence-electron chi connectivity index (χ2n) is 4.16. The molecule has 1 heterocycles. The summed E-state index contributed by atoms with van der Waals surface area (Å²) in [7, 11) is 0. The van der Waals surface area contributed by atoms with Crippen LogP contribution in [0.2, 0.25) is 0 Å². The number of fused-ring (bicyclic) bond motifs is 1. The molecular formula is C11H10FN3O. The highest BCUT2D eigenvalue weighted by Gasteiger charge is 2.47. The zero-order chi connectivity index (χ0) is 11.3. The van der Waals surface area contributed by atoms with Crippen LogP contribution in [0.25, 0.3) is 10.9 Å². The van der Waals surface area contributed by atoms with E-state index < -0.39 is 5.67 Å². The number of nitrogens with zero attached hydrogens (tertiary/aromatic N) is 1. The zero-order valence-electron chi connectivity index (χ0n) is 8.46. The monoisotopic (exact) mass is 219 g/mol. The molecule has 1 aromatic carbocycles. The van der Waals surface area contributed by atoms with E-state index in [0.717, 1.165) is 0 Å². The van der Waals surface area contributed by atoms with E-state index in [2.05, 4.69) is 9.97 Å². The fourth-order valence-corrected chi connectivity index (χ4v) is 1.72. The Labute approximate surface area is 90.3 Å². The third-order valence-electron chi connectivity index (χ3n) is 2.84. The summed E-state index contributed by atoms with van der Waals surface area (Å²) in [5, 5.41) is 0.396. The van der Waals surface area contributed by atoms with E-state index in [-0.39, 0.29) is 11.4 Å². The van der Waals surface area contributed by atoms with Crippen LogP contribution < -0.4 is 11.3 Å². The van der Waals surface area contributed by atoms with Gasteiger partial charge in [-0.1, -0.05) is 0 Å². The minimum atomic E-state index is -1.42. The minimum absolute atomic E-state index is 0.134. The predicted molar refractivity (Wildman–Crippen MR) is 58.8 cm³/mol. The molecule has 5 heteroatoms. The van der Waals surface area contributed by atoms with Gasteiger partial charge in [0.2, 0.25) is 0 Å². The number of hydrogen-bond donors (Lipinski definition) is 2. The molecule has 0 atom stereocenters. The van der Waals surface area contributed by atoms with Crippen LogP contribution in [0.3, 0.4) is 0 Å². The quantitative estimate of drug-likeness (QED) is 0.713. The molecule has 1 fully saturated rings. The standard InChI is InChI=1S/C11H10FN3O/c12-11(3-4-11)10-14-8-2-1-6(13)5-7(8)9(16)15-10/h1-2,5H,3-4,13H2,(H,14,15,16). The lowest BCUT2D eigenvalue weighted by molar-refractivity contribution is 0.300. The summed E-state index contributed by atoms with van der Waals surface area (Å²) in [5.74, 6) is 0.134. The van der Waals surface area contributed by atoms with Crippen LogP contribution in [0, 0.1) is 0 Å². The summed E-state index contributed by atoms with van der Waals surface area (Å²) < 4.78 is 13.8. The van der Waals surface area contributed by atoms with Crippen molar-refractivity contribution in [1.29, 1.82) is 0 Å². The summed E-state index contributed by atoms with van der Waals surface area (Å²) in [5.41, 5.74) is 4.79. The molecule has 0 aliphatic heterocycles. The van der Waals surface area contributed by atoms with Gasteiger partial charge in [0, 0.05) is 5.69 Å². The smallest absolute Gasteiger partial charge is 0.258 e. The van der Waals surface area contributed by atoms with Gasteiger partial charge in [-0.05, 0) is 31.0 Å². The number of H-pyrrole nitrogens is 1. The van der Waals surface area contributed by atoms with Gasteiger partial charge < -0.3 is 10.7 Å². The van der Waals surface area contributed by atoms with E-state index in [4.69, 9.17) is 5.73 Å². The van der Waals surface area contributed by atoms with E-state index in [1.165, 1.54) is 0 Å². The molecule has 0 radical (unpaired) electrons. The Bertz CT molecular complexity index is 631. The molecule has 0 spiro atoms. The molecule has 1 aliphatic carbocycles. The van der Waals surface area contributed by atoms with Crippen LogP contribution in [-0.2, 0) is 5.67 Å². The number of anilines is 1. The Morgan fingerprint density at radius 2 is 2.19 bits per heavy atom. The van der Waals surface area contributed by atoms with Gasteiger partial charge in [0.1, 0.15) is 5.82 Å². The van der Waals surface area contributed by atoms with E-state index in [9.17, 15) is 9.18 Å². The van der Waals surface area contributed by atoms with Crippen molar-refractivity contribution < 1.29 is 4.39 Å². The van der Waals surface area contributed by atoms with Gasteiger partial charge >= 0.3 is 0 Å². The number of aromatic amines is 1. The van der Waals surface area contributed by atoms with Crippen molar-refractivity contribution in [2.24, 2.45) is 0 Å². The first-order chi connectivity index (χ1) is 7.58. The maximum Gasteiger partial charge on any atom is 0.258 e. The Balaban J connectivity index is 2.31. The largest absolute Gasteiger partial charge is 0.399 e. The van der Waals surface area contributed by atoms with Crippen LogP contribution >= 0.6 is 0 Å². The van der Waals surface area contributed by atoms with Crippen molar-refractivity contribution >= 4 is 16.6 Å². The second kappa shape index (κ2) is 2.81. The van der Waals surface area contributed by atoms with E-state index in [0.29, 0.717) is 29.4 Å². The van der Waals surface area contributed by atoms with Crippen LogP contribution in [-0.4, -0.2) is 9.97 Å². The van der Waals surface area contributed by atoms with Gasteiger partial charge in [-0.15, -0.1) is 0 Å². The predicted octanol–water partition coefficient (Wildman–Crippen LogP) is 1.46. The number of nitrogen functional groups attached to an aromatic ring is 1. The molecule has 82 valence electrons. The SMILES string of the molecule is Nc1ccc2nc(C3(F)CC3)[nH]c(=O)c2c1. The fourth-order valence-electron chi connectivity index (χ4n) is 1.72. The lowest BCUT2D eigenvalue weighted by atomic mass is 10.2. The Morgan fingerprint density at radius 3 is 2.88 bits per heavy atom. The van der Waals surface area contributed by atoms with Crippen molar-refractivity contribution in [1.82, 2.24) is 9.97 Å². The maximum absolute atomic E-state index is 13.8. The molecule has 0 amide bonds. The van der Waals surface area contributed by atoms with Crippen LogP contribution in [0.4, 0.5) is 10.1 Å². The molecule has 4 nitrogen and oxygen atoms in total. The number of benzene rings is 1. The molecule has 3 rings (SSSR count). The number of alkyl halides is 1. The average molecular weight is 219 g/mol. The van der Waals surface area contributed by atoms with Crippen LogP contribution in [0.15, 0.2) is 23.0 Å². The van der Waals surface area contributed by atoms with Crippen molar-refractivity contribution in [3.63, 3.8) is 0 Å². The van der Waals surface area contributed by atoms with Crippen LogP contribution in [0.5, 0.6) is 0 Å². The summed E-state index contributed by atoms with van der Waals surface area (Å²) >= 11 is 0. The van der Waals surface area contributed by atoms with Crippen molar-refractivity contribution in [2.45, 2.75) is 18.5 Å². The topological polar surface area (TPSA) is 71.8 Å². The summed E-state index contributed by atoms with van der Waals surface area (Å²) in [6, 6.07) is 4.83. The first-order valence-electron chi connectivity index (χ1n) is 5.07. The number of nitrogens with two attached hydrogens (primary N) is 1. The normalized spacial score (nSPS) is 17.6. The minimum Gasteiger partial charge on any atom is -0.399 e. The highest BCUT2D eigenvalue weighted by molar-refractivity contribution is 5.80. The number of hydrogen-bond acceptors (Lipinski definition) is 3. The highest BCUT2D eigenvalue weighted by atomic mass is 19.1. The Kier molecular flexibility index (Phi) is 1.64. The summed E-state index contributed by atoms with van der Waals surface area (Å²) in [4.78, 5) is 18.3. The summed E-state index contributed by atoms with van der Waals surface area (Å²) in [6.45, 7) is 0. The molecule has 0 bridgehead atoms. The first-order valence-corrected chi connectivity index (χ1v) is 5.07. The third-order valence-corrected chi connectivity index (χ3v) is 2.84. The zero-order valence-corrected chi connectivity index (χ0v) is 8.46. The lowest BCUT2D eigenvalue weighted by Gasteiger charge is -2.05. The highest BCUT2D eigenvalue weighted by Crippen LogP contribution is 2.47. The molecule has 1 aliphatic rings. The van der Waals surface area contributed by atoms with Gasteiger partial charge in [-0.3, -0.25) is 4.79 Å². The Morgan fingerprint density at radius 1 is 1.44 bits per heavy atom. The molecule has 2 aromatic rings. The number of halogens is 1. The maximum atomic E-state index is 13.8. The van der Waals surface area contributed by atoms with Gasteiger partial charge in [-0.2, -0.15) is 0 Å². The molecule has 16 heavy (non-hydrogen) atoms. The number of rotatable bonds is 1. The molecule has 0 unspecified atom stereocenters. The van der Waals surface area contributed by atoms with Crippen molar-refractivity contribution in [3.8, 4) is 0 Å². The van der Waals surface area contributed by atoms with Gasteiger partial charge in [0.25, 0.3) is 5.56 Å². The fraction of sp³-hybridized carbons (Fsp3) is 0.273. The van der Waals surface area contributed by atoms with Gasteiger partial charge in [0.15, 0.2) is 5.67 Å². The summed E-state index contributed by atoms with van der Waals surface area (Å²) in [6.07, 6.45) is 0.854. The second-order valence-corrected chi connectivity index (χ2v) is 4.16. The first kappa shape index (κ1) is 9.33. The lowest BCUT2D eigenvalue weighted by Crippen LogP contribution is -2.16.